The Hall–Kier alpha value is 0.0700. The van der Waals surface area contributed by atoms with E-state index in [2.05, 4.69) is 4.84 Å². The first-order chi connectivity index (χ1) is 6.97. The van der Waals surface area contributed by atoms with E-state index in [1.807, 2.05) is 35.0 Å². The summed E-state index contributed by atoms with van der Waals surface area (Å²) >= 11 is 5.47. The van der Waals surface area contributed by atoms with Gasteiger partial charge in [0.25, 0.3) is 5.92 Å². The van der Waals surface area contributed by atoms with Crippen molar-refractivity contribution in [3.63, 3.8) is 0 Å². The monoisotopic (exact) mass is 257 g/mol. The molecule has 5 heteroatoms. The van der Waals surface area contributed by atoms with Gasteiger partial charge in [0, 0.05) is 12.0 Å². The van der Waals surface area contributed by atoms with E-state index < -0.39 is 11.5 Å². The van der Waals surface area contributed by atoms with E-state index in [1.54, 1.807) is 0 Å². The van der Waals surface area contributed by atoms with Gasteiger partial charge in [-0.1, -0.05) is 0 Å². The SMILES string of the molecule is CC(C)(CCC(F)(F)CC[N+](C)(C)C)NCl. The second-order valence-electron chi connectivity index (χ2n) is 6.10. The van der Waals surface area contributed by atoms with Crippen molar-refractivity contribution >= 4 is 11.8 Å². The van der Waals surface area contributed by atoms with Crippen molar-refractivity contribution in [1.29, 1.82) is 0 Å². The van der Waals surface area contributed by atoms with Crippen LogP contribution in [0.15, 0.2) is 0 Å². The maximum atomic E-state index is 13.5. The molecular formula is C11H24ClF2N2+. The van der Waals surface area contributed by atoms with Crippen LogP contribution in [0.4, 0.5) is 8.78 Å². The van der Waals surface area contributed by atoms with Gasteiger partial charge < -0.3 is 4.48 Å². The second-order valence-corrected chi connectivity index (χ2v) is 6.29. The van der Waals surface area contributed by atoms with Gasteiger partial charge in [0.15, 0.2) is 0 Å². The summed E-state index contributed by atoms with van der Waals surface area (Å²) in [5.74, 6) is -2.60. The number of hydrogen-bond acceptors (Lipinski definition) is 1. The minimum atomic E-state index is -2.60. The molecule has 98 valence electrons. The molecule has 0 spiro atoms. The highest BCUT2D eigenvalue weighted by Gasteiger charge is 2.33. The van der Waals surface area contributed by atoms with Crippen LogP contribution in [-0.2, 0) is 0 Å². The smallest absolute Gasteiger partial charge is 0.253 e. The lowest BCUT2D eigenvalue weighted by Gasteiger charge is -2.28. The average molecular weight is 258 g/mol. The largest absolute Gasteiger partial charge is 0.331 e. The summed E-state index contributed by atoms with van der Waals surface area (Å²) in [4.78, 5) is 2.52. The number of rotatable bonds is 7. The Kier molecular flexibility index (Phi) is 5.63. The molecule has 16 heavy (non-hydrogen) atoms. The van der Waals surface area contributed by atoms with Gasteiger partial charge in [-0.15, -0.1) is 0 Å². The fourth-order valence-electron chi connectivity index (χ4n) is 1.17. The van der Waals surface area contributed by atoms with Crippen LogP contribution in [0.2, 0.25) is 0 Å². The molecule has 0 saturated heterocycles. The maximum Gasteiger partial charge on any atom is 0.253 e. The molecule has 0 unspecified atom stereocenters. The van der Waals surface area contributed by atoms with Gasteiger partial charge in [-0.2, -0.15) is 0 Å². The molecular weight excluding hydrogens is 234 g/mol. The Morgan fingerprint density at radius 3 is 1.94 bits per heavy atom. The molecule has 0 aromatic carbocycles. The first kappa shape index (κ1) is 16.1. The summed E-state index contributed by atoms with van der Waals surface area (Å²) in [6, 6.07) is 0. The molecule has 0 radical (unpaired) electrons. The van der Waals surface area contributed by atoms with Gasteiger partial charge in [-0.3, -0.25) is 0 Å². The van der Waals surface area contributed by atoms with Gasteiger partial charge >= 0.3 is 0 Å². The highest BCUT2D eigenvalue weighted by Crippen LogP contribution is 2.28. The lowest BCUT2D eigenvalue weighted by atomic mass is 9.96. The van der Waals surface area contributed by atoms with E-state index in [0.29, 0.717) is 17.4 Å². The van der Waals surface area contributed by atoms with Crippen molar-refractivity contribution in [1.82, 2.24) is 4.84 Å². The topological polar surface area (TPSA) is 12.0 Å². The fraction of sp³-hybridized carbons (Fsp3) is 1.00. The van der Waals surface area contributed by atoms with E-state index in [1.165, 1.54) is 0 Å². The number of hydrogen-bond donors (Lipinski definition) is 1. The third kappa shape index (κ3) is 8.25. The highest BCUT2D eigenvalue weighted by atomic mass is 35.5. The van der Waals surface area contributed by atoms with E-state index in [4.69, 9.17) is 11.8 Å². The minimum absolute atomic E-state index is 0.0745. The first-order valence-corrected chi connectivity index (χ1v) is 5.91. The van der Waals surface area contributed by atoms with Crippen LogP contribution in [0.5, 0.6) is 0 Å². The fourth-order valence-corrected chi connectivity index (χ4v) is 1.26. The molecule has 0 fully saturated rings. The summed E-state index contributed by atoms with van der Waals surface area (Å²) in [5, 5.41) is 0. The zero-order valence-electron chi connectivity index (χ0n) is 10.9. The van der Waals surface area contributed by atoms with Crippen molar-refractivity contribution < 1.29 is 13.3 Å². The van der Waals surface area contributed by atoms with Gasteiger partial charge in [-0.05, 0) is 32.0 Å². The molecule has 0 saturated carbocycles. The summed E-state index contributed by atoms with van der Waals surface area (Å²) in [5.41, 5.74) is -0.443. The number of nitrogens with one attached hydrogen (secondary N) is 1. The molecule has 0 aromatic heterocycles. The van der Waals surface area contributed by atoms with Crippen molar-refractivity contribution in [3.05, 3.63) is 0 Å². The van der Waals surface area contributed by atoms with E-state index in [0.717, 1.165) is 0 Å². The third-order valence-electron chi connectivity index (χ3n) is 2.52. The highest BCUT2D eigenvalue weighted by molar-refractivity contribution is 6.13. The van der Waals surface area contributed by atoms with E-state index in [9.17, 15) is 8.78 Å². The molecule has 0 aliphatic rings. The van der Waals surface area contributed by atoms with E-state index >= 15 is 0 Å². The third-order valence-corrected chi connectivity index (χ3v) is 3.03. The van der Waals surface area contributed by atoms with Gasteiger partial charge in [0.05, 0.1) is 34.1 Å². The number of nitrogens with zero attached hydrogens (tertiary/aromatic N) is 1. The predicted molar refractivity (Wildman–Crippen MR) is 64.8 cm³/mol. The Morgan fingerprint density at radius 2 is 1.56 bits per heavy atom. The molecule has 0 aliphatic carbocycles. The van der Waals surface area contributed by atoms with Crippen LogP contribution in [0.25, 0.3) is 0 Å². The van der Waals surface area contributed by atoms with Crippen LogP contribution in [0.3, 0.4) is 0 Å². The number of quaternary nitrogens is 1. The molecule has 2 nitrogen and oxygen atoms in total. The van der Waals surface area contributed by atoms with Crippen molar-refractivity contribution in [2.45, 2.75) is 44.6 Å². The zero-order chi connectivity index (χ0) is 13.0. The van der Waals surface area contributed by atoms with Gasteiger partial charge in [0.1, 0.15) is 0 Å². The van der Waals surface area contributed by atoms with Gasteiger partial charge in [-0.25, -0.2) is 13.6 Å². The molecule has 0 amide bonds. The van der Waals surface area contributed by atoms with Gasteiger partial charge in [0.2, 0.25) is 0 Å². The molecule has 0 rings (SSSR count). The summed E-state index contributed by atoms with van der Waals surface area (Å²) in [7, 11) is 5.75. The second kappa shape index (κ2) is 5.61. The van der Waals surface area contributed by atoms with Crippen molar-refractivity contribution in [2.24, 2.45) is 0 Å². The summed E-state index contributed by atoms with van der Waals surface area (Å²) in [6.07, 6.45) is 0.162. The minimum Gasteiger partial charge on any atom is -0.331 e. The molecule has 0 heterocycles. The van der Waals surface area contributed by atoms with Crippen LogP contribution in [0.1, 0.15) is 33.1 Å². The van der Waals surface area contributed by atoms with Crippen LogP contribution >= 0.6 is 11.8 Å². The molecule has 0 atom stereocenters. The quantitative estimate of drug-likeness (QED) is 0.546. The lowest BCUT2D eigenvalue weighted by molar-refractivity contribution is -0.871. The van der Waals surface area contributed by atoms with Crippen LogP contribution in [-0.4, -0.2) is 43.6 Å². The standard InChI is InChI=1S/C11H24ClF2N2/c1-10(2,15-12)6-7-11(13,14)8-9-16(3,4)5/h15H,6-9H2,1-5H3/q+1. The first-order valence-electron chi connectivity index (χ1n) is 5.54. The number of halogens is 3. The molecule has 0 bridgehead atoms. The summed E-state index contributed by atoms with van der Waals surface area (Å²) < 4.78 is 27.6. The average Bonchev–Trinajstić information content (AvgIpc) is 2.12. The Morgan fingerprint density at radius 1 is 1.06 bits per heavy atom. The zero-order valence-corrected chi connectivity index (χ0v) is 11.7. The maximum absolute atomic E-state index is 13.5. The van der Waals surface area contributed by atoms with E-state index in [-0.39, 0.29) is 12.8 Å². The molecule has 1 N–H and O–H groups in total. The van der Waals surface area contributed by atoms with Crippen LogP contribution in [0, 0.1) is 0 Å². The summed E-state index contributed by atoms with van der Waals surface area (Å²) in [6.45, 7) is 4.10. The van der Waals surface area contributed by atoms with Crippen molar-refractivity contribution in [2.75, 3.05) is 27.7 Å². The van der Waals surface area contributed by atoms with Crippen molar-refractivity contribution in [3.8, 4) is 0 Å². The number of alkyl halides is 2. The molecule has 0 aromatic rings. The predicted octanol–water partition coefficient (Wildman–Crippen LogP) is 3.02. The Balaban J connectivity index is 4.06. The molecule has 0 aliphatic heterocycles. The Bertz CT molecular complexity index is 213. The Labute approximate surface area is 103 Å². The lowest BCUT2D eigenvalue weighted by Crippen LogP contribution is -2.39. The normalized spacial score (nSPS) is 14.2. The van der Waals surface area contributed by atoms with Crippen LogP contribution < -0.4 is 4.84 Å².